The first-order valence-electron chi connectivity index (χ1n) is 5.08. The summed E-state index contributed by atoms with van der Waals surface area (Å²) in [6, 6.07) is 0.777. The fourth-order valence-electron chi connectivity index (χ4n) is 1.39. The van der Waals surface area contributed by atoms with E-state index in [0.717, 1.165) is 0 Å². The van der Waals surface area contributed by atoms with Crippen LogP contribution >= 0.6 is 0 Å². The van der Waals surface area contributed by atoms with Crippen molar-refractivity contribution in [1.29, 1.82) is 0 Å². The van der Waals surface area contributed by atoms with Crippen molar-refractivity contribution in [2.45, 2.75) is 12.4 Å². The molecule has 1 rings (SSSR count). The van der Waals surface area contributed by atoms with Crippen molar-refractivity contribution in [2.75, 3.05) is 0 Å². The minimum absolute atomic E-state index is 0.0948. The Bertz CT molecular complexity index is 534. The van der Waals surface area contributed by atoms with Gasteiger partial charge in [0.15, 0.2) is 0 Å². The molecule has 0 fully saturated rings. The number of rotatable bonds is 3. The zero-order valence-corrected chi connectivity index (χ0v) is 9.79. The molecule has 0 saturated heterocycles. The third-order valence-electron chi connectivity index (χ3n) is 2.29. The van der Waals surface area contributed by atoms with Gasteiger partial charge in [-0.3, -0.25) is 9.59 Å². The van der Waals surface area contributed by atoms with E-state index in [9.17, 15) is 35.9 Å². The summed E-state index contributed by atoms with van der Waals surface area (Å²) in [5, 5.41) is 17.6. The molecule has 0 spiro atoms. The van der Waals surface area contributed by atoms with Crippen LogP contribution < -0.4 is 5.46 Å². The molecule has 0 aliphatic heterocycles. The lowest BCUT2D eigenvalue weighted by Crippen LogP contribution is -2.34. The number of alkyl halides is 6. The fraction of sp³-hybridized carbons (Fsp3) is 0.200. The summed E-state index contributed by atoms with van der Waals surface area (Å²) in [5.41, 5.74) is -3.46. The summed E-state index contributed by atoms with van der Waals surface area (Å²) in [7, 11) is -2.45. The number of hydrogen-bond donors (Lipinski definition) is 2. The lowest BCUT2D eigenvalue weighted by atomic mass is 9.78. The third kappa shape index (κ3) is 4.05. The zero-order chi connectivity index (χ0) is 16.6. The second-order valence-electron chi connectivity index (χ2n) is 3.87. The molecule has 2 N–H and O–H groups in total. The van der Waals surface area contributed by atoms with E-state index >= 15 is 0 Å². The molecule has 1 aromatic rings. The van der Waals surface area contributed by atoms with Crippen LogP contribution in [0.15, 0.2) is 18.2 Å². The minimum atomic E-state index is -5.39. The zero-order valence-electron chi connectivity index (χ0n) is 9.79. The molecule has 0 bridgehead atoms. The van der Waals surface area contributed by atoms with E-state index in [0.29, 0.717) is 12.1 Å². The fourth-order valence-corrected chi connectivity index (χ4v) is 1.39. The van der Waals surface area contributed by atoms with Gasteiger partial charge in [-0.15, -0.1) is 0 Å². The molecule has 11 heteroatoms. The molecule has 0 radical (unpaired) electrons. The summed E-state index contributed by atoms with van der Waals surface area (Å²) in [6.45, 7) is 0. The number of Topliss-reactive ketones (excluding diaryl/α,β-unsaturated/α-hetero) is 2. The van der Waals surface area contributed by atoms with Gasteiger partial charge in [0.2, 0.25) is 0 Å². The number of carbonyl (C=O) groups is 2. The molecule has 0 aliphatic rings. The molecule has 1 aromatic carbocycles. The molecule has 114 valence electrons. The quantitative estimate of drug-likeness (QED) is 0.493. The predicted molar refractivity (Wildman–Crippen MR) is 57.0 cm³/mol. The Morgan fingerprint density at radius 1 is 0.810 bits per heavy atom. The van der Waals surface area contributed by atoms with Gasteiger partial charge in [0.05, 0.1) is 0 Å². The summed E-state index contributed by atoms with van der Waals surface area (Å²) in [4.78, 5) is 22.0. The minimum Gasteiger partial charge on any atom is -0.423 e. The molecule has 0 atom stereocenters. The van der Waals surface area contributed by atoms with Gasteiger partial charge in [0.25, 0.3) is 11.6 Å². The van der Waals surface area contributed by atoms with Crippen LogP contribution in [0, 0.1) is 0 Å². The number of hydrogen-bond acceptors (Lipinski definition) is 4. The maximum Gasteiger partial charge on any atom is 0.488 e. The van der Waals surface area contributed by atoms with Crippen LogP contribution in [0.25, 0.3) is 0 Å². The number of halogens is 6. The van der Waals surface area contributed by atoms with E-state index < -0.39 is 47.6 Å². The van der Waals surface area contributed by atoms with Crippen molar-refractivity contribution < 1.29 is 46.0 Å². The summed E-state index contributed by atoms with van der Waals surface area (Å²) >= 11 is 0. The molecule has 21 heavy (non-hydrogen) atoms. The van der Waals surface area contributed by atoms with Gasteiger partial charge in [0, 0.05) is 11.1 Å². The van der Waals surface area contributed by atoms with Gasteiger partial charge in [-0.2, -0.15) is 26.3 Å². The van der Waals surface area contributed by atoms with Gasteiger partial charge in [-0.05, 0) is 11.5 Å². The molecular weight excluding hydrogens is 309 g/mol. The number of benzene rings is 1. The maximum absolute atomic E-state index is 12.3. The Kier molecular flexibility index (Phi) is 4.49. The summed E-state index contributed by atoms with van der Waals surface area (Å²) in [6.07, 6.45) is -10.8. The molecule has 4 nitrogen and oxygen atoms in total. The largest absolute Gasteiger partial charge is 0.488 e. The third-order valence-corrected chi connectivity index (χ3v) is 2.29. The molecule has 0 saturated carbocycles. The van der Waals surface area contributed by atoms with Crippen LogP contribution in [-0.4, -0.2) is 41.1 Å². The second-order valence-corrected chi connectivity index (χ2v) is 3.87. The van der Waals surface area contributed by atoms with Crippen LogP contribution in [0.3, 0.4) is 0 Å². The Balaban J connectivity index is 3.45. The van der Waals surface area contributed by atoms with Crippen LogP contribution in [0.5, 0.6) is 0 Å². The molecule has 0 heterocycles. The van der Waals surface area contributed by atoms with E-state index in [2.05, 4.69) is 0 Å². The van der Waals surface area contributed by atoms with Crippen molar-refractivity contribution >= 4 is 24.1 Å². The average Bonchev–Trinajstić information content (AvgIpc) is 2.34. The summed E-state index contributed by atoms with van der Waals surface area (Å²) < 4.78 is 73.5. The SMILES string of the molecule is O=C(c1cc(B(O)O)cc(C(=O)C(F)(F)F)c1)C(F)(F)F. The molecule has 0 aromatic heterocycles. The van der Waals surface area contributed by atoms with Gasteiger partial charge in [-0.25, -0.2) is 0 Å². The van der Waals surface area contributed by atoms with E-state index in [-0.39, 0.29) is 6.07 Å². The lowest BCUT2D eigenvalue weighted by Gasteiger charge is -2.11. The topological polar surface area (TPSA) is 74.6 Å². The standard InChI is InChI=1S/C10H5BF6O4/c12-9(13,14)7(18)4-1-5(8(19)10(15,16)17)3-6(2-4)11(20)21/h1-3,20-21H. The van der Waals surface area contributed by atoms with Crippen molar-refractivity contribution in [3.05, 3.63) is 29.3 Å². The van der Waals surface area contributed by atoms with Crippen molar-refractivity contribution in [3.8, 4) is 0 Å². The smallest absolute Gasteiger partial charge is 0.423 e. The Morgan fingerprint density at radius 2 is 1.14 bits per heavy atom. The Labute approximate surface area is 113 Å². The highest BCUT2D eigenvalue weighted by Crippen LogP contribution is 2.25. The van der Waals surface area contributed by atoms with Crippen molar-refractivity contribution in [2.24, 2.45) is 0 Å². The van der Waals surface area contributed by atoms with Gasteiger partial charge < -0.3 is 10.0 Å². The van der Waals surface area contributed by atoms with Crippen LogP contribution in [-0.2, 0) is 0 Å². The molecule has 0 amide bonds. The van der Waals surface area contributed by atoms with E-state index in [1.54, 1.807) is 0 Å². The van der Waals surface area contributed by atoms with E-state index in [4.69, 9.17) is 10.0 Å². The van der Waals surface area contributed by atoms with E-state index in [1.807, 2.05) is 0 Å². The first-order chi connectivity index (χ1) is 9.34. The van der Waals surface area contributed by atoms with Gasteiger partial charge in [-0.1, -0.05) is 12.1 Å². The maximum atomic E-state index is 12.3. The van der Waals surface area contributed by atoms with Crippen molar-refractivity contribution in [1.82, 2.24) is 0 Å². The second kappa shape index (κ2) is 5.49. The first kappa shape index (κ1) is 17.2. The highest BCUT2D eigenvalue weighted by atomic mass is 19.4. The Hall–Kier alpha value is -1.88. The first-order valence-corrected chi connectivity index (χ1v) is 5.08. The lowest BCUT2D eigenvalue weighted by molar-refractivity contribution is -0.0887. The molecule has 0 unspecified atom stereocenters. The molecular formula is C10H5BF6O4. The normalized spacial score (nSPS) is 12.2. The Morgan fingerprint density at radius 3 is 1.38 bits per heavy atom. The highest BCUT2D eigenvalue weighted by Gasteiger charge is 2.42. The van der Waals surface area contributed by atoms with Crippen LogP contribution in [0.4, 0.5) is 26.3 Å². The van der Waals surface area contributed by atoms with E-state index in [1.165, 1.54) is 0 Å². The number of carbonyl (C=O) groups excluding carboxylic acids is 2. The van der Waals surface area contributed by atoms with Crippen LogP contribution in [0.1, 0.15) is 20.7 Å². The van der Waals surface area contributed by atoms with Crippen LogP contribution in [0.2, 0.25) is 0 Å². The molecule has 0 aliphatic carbocycles. The van der Waals surface area contributed by atoms with Crippen molar-refractivity contribution in [3.63, 3.8) is 0 Å². The summed E-state index contributed by atoms with van der Waals surface area (Å²) in [5.74, 6) is -5.03. The predicted octanol–water partition coefficient (Wildman–Crippen LogP) is 0.856. The van der Waals surface area contributed by atoms with Gasteiger partial charge in [0.1, 0.15) is 0 Å². The number of ketones is 2. The highest BCUT2D eigenvalue weighted by molar-refractivity contribution is 6.58. The average molecular weight is 314 g/mol. The monoisotopic (exact) mass is 314 g/mol. The van der Waals surface area contributed by atoms with Gasteiger partial charge >= 0.3 is 19.5 Å².